The third-order valence-electron chi connectivity index (χ3n) is 2.69. The smallest absolute Gasteiger partial charge is 0.416 e. The van der Waals surface area contributed by atoms with Gasteiger partial charge in [-0.05, 0) is 24.6 Å². The predicted molar refractivity (Wildman–Crippen MR) is 56.6 cm³/mol. The van der Waals surface area contributed by atoms with Crippen LogP contribution in [0.2, 0.25) is 0 Å². The molecule has 0 aliphatic heterocycles. The lowest BCUT2D eigenvalue weighted by atomic mass is 9.83. The Labute approximate surface area is 101 Å². The fraction of sp³-hybridized carbons (Fsp3) is 0.364. The van der Waals surface area contributed by atoms with Crippen LogP contribution in [0.4, 0.5) is 13.2 Å². The first-order valence-electron chi connectivity index (χ1n) is 4.94. The van der Waals surface area contributed by atoms with Gasteiger partial charge in [-0.15, -0.1) is 0 Å². The van der Waals surface area contributed by atoms with E-state index in [0.29, 0.717) is 0 Å². The predicted octanol–water partition coefficient (Wildman–Crippen LogP) is 1.94. The fourth-order valence-corrected chi connectivity index (χ4v) is 1.46. The molecule has 0 aromatic heterocycles. The number of hydrogen-bond acceptors (Lipinski definition) is 3. The molecule has 0 aliphatic carbocycles. The molecule has 0 amide bonds. The van der Waals surface area contributed by atoms with Crippen LogP contribution < -0.4 is 5.90 Å². The van der Waals surface area contributed by atoms with Crippen molar-refractivity contribution < 1.29 is 27.9 Å². The average molecular weight is 263 g/mol. The summed E-state index contributed by atoms with van der Waals surface area (Å²) < 4.78 is 37.1. The van der Waals surface area contributed by atoms with Crippen LogP contribution in [0, 0.1) is 0 Å². The first-order valence-corrected chi connectivity index (χ1v) is 4.94. The zero-order valence-corrected chi connectivity index (χ0v) is 9.49. The highest BCUT2D eigenvalue weighted by Crippen LogP contribution is 2.31. The molecule has 3 N–H and O–H groups in total. The third kappa shape index (κ3) is 2.80. The minimum atomic E-state index is -4.46. The summed E-state index contributed by atoms with van der Waals surface area (Å²) in [6.07, 6.45) is -4.46. The van der Waals surface area contributed by atoms with Crippen molar-refractivity contribution in [3.8, 4) is 0 Å². The number of carbonyl (C=O) groups is 1. The second-order valence-corrected chi connectivity index (χ2v) is 4.02. The van der Waals surface area contributed by atoms with Crippen molar-refractivity contribution in [3.05, 3.63) is 35.4 Å². The number of rotatable bonds is 4. The number of halogens is 3. The van der Waals surface area contributed by atoms with Crippen LogP contribution in [0.25, 0.3) is 0 Å². The Hall–Kier alpha value is -1.60. The van der Waals surface area contributed by atoms with Gasteiger partial charge in [0.25, 0.3) is 0 Å². The SMILES string of the molecule is CC(CON)(C(=O)O)c1ccc(C(F)(F)F)cc1. The maximum atomic E-state index is 12.4. The van der Waals surface area contributed by atoms with Crippen LogP contribution in [-0.2, 0) is 21.2 Å². The van der Waals surface area contributed by atoms with Crippen molar-refractivity contribution in [3.63, 3.8) is 0 Å². The van der Waals surface area contributed by atoms with E-state index in [1.807, 2.05) is 0 Å². The highest BCUT2D eigenvalue weighted by molar-refractivity contribution is 5.81. The Morgan fingerprint density at radius 1 is 1.28 bits per heavy atom. The molecule has 0 bridgehead atoms. The van der Waals surface area contributed by atoms with Gasteiger partial charge in [-0.1, -0.05) is 12.1 Å². The molecule has 0 aliphatic rings. The molecular weight excluding hydrogens is 251 g/mol. The van der Waals surface area contributed by atoms with E-state index in [0.717, 1.165) is 24.3 Å². The van der Waals surface area contributed by atoms with Gasteiger partial charge in [0.05, 0.1) is 12.2 Å². The van der Waals surface area contributed by atoms with Crippen LogP contribution in [0.1, 0.15) is 18.1 Å². The topological polar surface area (TPSA) is 72.5 Å². The summed E-state index contributed by atoms with van der Waals surface area (Å²) in [7, 11) is 0. The zero-order chi connectivity index (χ0) is 14.0. The minimum Gasteiger partial charge on any atom is -0.481 e. The highest BCUT2D eigenvalue weighted by Gasteiger charge is 2.37. The van der Waals surface area contributed by atoms with Crippen molar-refractivity contribution in [1.82, 2.24) is 0 Å². The third-order valence-corrected chi connectivity index (χ3v) is 2.69. The van der Waals surface area contributed by atoms with Crippen LogP contribution in [0.5, 0.6) is 0 Å². The molecule has 1 unspecified atom stereocenters. The molecule has 100 valence electrons. The molecule has 0 fully saturated rings. The summed E-state index contributed by atoms with van der Waals surface area (Å²) in [4.78, 5) is 15.5. The van der Waals surface area contributed by atoms with Crippen molar-refractivity contribution >= 4 is 5.97 Å². The number of aliphatic carboxylic acids is 1. The Kier molecular flexibility index (Phi) is 3.98. The van der Waals surface area contributed by atoms with Crippen molar-refractivity contribution in [2.45, 2.75) is 18.5 Å². The van der Waals surface area contributed by atoms with E-state index < -0.39 is 23.1 Å². The molecule has 1 rings (SSSR count). The molecule has 4 nitrogen and oxygen atoms in total. The molecule has 1 atom stereocenters. The highest BCUT2D eigenvalue weighted by atomic mass is 19.4. The minimum absolute atomic E-state index is 0.188. The Balaban J connectivity index is 3.13. The van der Waals surface area contributed by atoms with Gasteiger partial charge in [-0.25, -0.2) is 5.90 Å². The number of carboxylic acids is 1. The lowest BCUT2D eigenvalue weighted by molar-refractivity contribution is -0.145. The number of benzene rings is 1. The van der Waals surface area contributed by atoms with Gasteiger partial charge in [0, 0.05) is 0 Å². The quantitative estimate of drug-likeness (QED) is 0.814. The lowest BCUT2D eigenvalue weighted by Gasteiger charge is -2.24. The summed E-state index contributed by atoms with van der Waals surface area (Å²) in [5.41, 5.74) is -2.14. The van der Waals surface area contributed by atoms with E-state index in [1.54, 1.807) is 0 Å². The van der Waals surface area contributed by atoms with E-state index in [-0.39, 0.29) is 12.2 Å². The average Bonchev–Trinajstić information content (AvgIpc) is 2.28. The van der Waals surface area contributed by atoms with E-state index in [9.17, 15) is 18.0 Å². The van der Waals surface area contributed by atoms with Gasteiger partial charge in [0.1, 0.15) is 5.41 Å². The largest absolute Gasteiger partial charge is 0.481 e. The molecule has 0 saturated heterocycles. The van der Waals surface area contributed by atoms with Gasteiger partial charge in [0.15, 0.2) is 0 Å². The summed E-state index contributed by atoms with van der Waals surface area (Å²) in [6, 6.07) is 3.87. The number of nitrogens with two attached hydrogens (primary N) is 1. The van der Waals surface area contributed by atoms with E-state index >= 15 is 0 Å². The van der Waals surface area contributed by atoms with Crippen LogP contribution >= 0.6 is 0 Å². The molecule has 1 aromatic rings. The molecule has 18 heavy (non-hydrogen) atoms. The van der Waals surface area contributed by atoms with Gasteiger partial charge < -0.3 is 9.94 Å². The monoisotopic (exact) mass is 263 g/mol. The number of hydrogen-bond donors (Lipinski definition) is 2. The summed E-state index contributed by atoms with van der Waals surface area (Å²) >= 11 is 0. The lowest BCUT2D eigenvalue weighted by Crippen LogP contribution is -2.38. The molecule has 0 radical (unpaired) electrons. The van der Waals surface area contributed by atoms with E-state index in [1.165, 1.54) is 6.92 Å². The molecule has 0 saturated carbocycles. The maximum Gasteiger partial charge on any atom is 0.416 e. The summed E-state index contributed by atoms with van der Waals surface area (Å²) in [5.74, 6) is 3.62. The number of alkyl halides is 3. The van der Waals surface area contributed by atoms with Crippen LogP contribution in [-0.4, -0.2) is 17.7 Å². The molecule has 7 heteroatoms. The maximum absolute atomic E-state index is 12.4. The fourth-order valence-electron chi connectivity index (χ4n) is 1.46. The Bertz CT molecular complexity index is 430. The Morgan fingerprint density at radius 3 is 2.06 bits per heavy atom. The van der Waals surface area contributed by atoms with E-state index in [4.69, 9.17) is 11.0 Å². The number of carboxylic acid groups (broad SMARTS) is 1. The van der Waals surface area contributed by atoms with Gasteiger partial charge in [0.2, 0.25) is 0 Å². The van der Waals surface area contributed by atoms with E-state index in [2.05, 4.69) is 4.84 Å². The standard InChI is InChI=1S/C11H12F3NO3/c1-10(6-18-15,9(16)17)7-2-4-8(5-3-7)11(12,13)14/h2-5H,6,15H2,1H3,(H,16,17). The molecule has 1 aromatic carbocycles. The van der Waals surface area contributed by atoms with Crippen molar-refractivity contribution in [1.29, 1.82) is 0 Å². The first-order chi connectivity index (χ1) is 8.21. The van der Waals surface area contributed by atoms with Gasteiger partial charge in [-0.2, -0.15) is 13.2 Å². The normalized spacial score (nSPS) is 15.2. The second kappa shape index (κ2) is 4.95. The molecule has 0 spiro atoms. The summed E-state index contributed by atoms with van der Waals surface area (Å²) in [6.45, 7) is 0.985. The van der Waals surface area contributed by atoms with Crippen molar-refractivity contribution in [2.24, 2.45) is 5.90 Å². The van der Waals surface area contributed by atoms with Crippen LogP contribution in [0.3, 0.4) is 0 Å². The second-order valence-electron chi connectivity index (χ2n) is 4.02. The Morgan fingerprint density at radius 2 is 1.72 bits per heavy atom. The van der Waals surface area contributed by atoms with Gasteiger partial charge >= 0.3 is 12.1 Å². The molecular formula is C11H12F3NO3. The first kappa shape index (κ1) is 14.5. The van der Waals surface area contributed by atoms with Gasteiger partial charge in [-0.3, -0.25) is 4.79 Å². The van der Waals surface area contributed by atoms with Crippen LogP contribution in [0.15, 0.2) is 24.3 Å². The molecule has 0 heterocycles. The zero-order valence-electron chi connectivity index (χ0n) is 9.49. The summed E-state index contributed by atoms with van der Waals surface area (Å²) in [5, 5.41) is 9.09. The van der Waals surface area contributed by atoms with Crippen molar-refractivity contribution in [2.75, 3.05) is 6.61 Å².